The standard InChI is InChI=1S/C21H29N5O3S/c27-19(15-22-21(28)16-5-1-2-6-16)26-12-10-25(11-13-26)9-3-8-18-23-20(24-29-18)17-7-4-14-30-17/h4,7,14,16H,1-3,5-6,8-13,15H2,(H,22,28). The van der Waals surface area contributed by atoms with Gasteiger partial charge in [-0.25, -0.2) is 0 Å². The van der Waals surface area contributed by atoms with E-state index >= 15 is 0 Å². The number of nitrogens with zero attached hydrogens (tertiary/aromatic N) is 4. The number of amides is 2. The number of thiophene rings is 1. The van der Waals surface area contributed by atoms with Gasteiger partial charge in [-0.3, -0.25) is 14.5 Å². The smallest absolute Gasteiger partial charge is 0.242 e. The van der Waals surface area contributed by atoms with Crippen LogP contribution in [0.25, 0.3) is 10.7 Å². The zero-order chi connectivity index (χ0) is 20.8. The predicted molar refractivity (Wildman–Crippen MR) is 114 cm³/mol. The molecule has 2 aromatic heterocycles. The Morgan fingerprint density at radius 2 is 2.00 bits per heavy atom. The SMILES string of the molecule is O=C(NCC(=O)N1CCN(CCCc2nc(-c3cccs3)no2)CC1)C1CCCC1. The summed E-state index contributed by atoms with van der Waals surface area (Å²) in [5, 5.41) is 8.88. The molecule has 9 heteroatoms. The van der Waals surface area contributed by atoms with Crippen molar-refractivity contribution < 1.29 is 14.1 Å². The molecule has 30 heavy (non-hydrogen) atoms. The van der Waals surface area contributed by atoms with E-state index in [0.717, 1.165) is 63.0 Å². The number of carbonyl (C=O) groups excluding carboxylic acids is 2. The van der Waals surface area contributed by atoms with Crippen LogP contribution in [0, 0.1) is 5.92 Å². The summed E-state index contributed by atoms with van der Waals surface area (Å²) >= 11 is 1.60. The van der Waals surface area contributed by atoms with E-state index in [4.69, 9.17) is 4.52 Å². The number of aromatic nitrogens is 2. The molecule has 0 aromatic carbocycles. The number of piperazine rings is 1. The largest absolute Gasteiger partial charge is 0.347 e. The highest BCUT2D eigenvalue weighted by atomic mass is 32.1. The first kappa shape index (κ1) is 21.0. The zero-order valence-electron chi connectivity index (χ0n) is 17.2. The third-order valence-electron chi connectivity index (χ3n) is 5.94. The molecule has 4 rings (SSSR count). The molecule has 1 saturated heterocycles. The summed E-state index contributed by atoms with van der Waals surface area (Å²) in [5.74, 6) is 1.50. The molecule has 2 aromatic rings. The molecule has 162 valence electrons. The van der Waals surface area contributed by atoms with Gasteiger partial charge in [-0.05, 0) is 37.3 Å². The lowest BCUT2D eigenvalue weighted by Crippen LogP contribution is -2.51. The van der Waals surface area contributed by atoms with Crippen LogP contribution >= 0.6 is 11.3 Å². The van der Waals surface area contributed by atoms with E-state index in [2.05, 4.69) is 20.4 Å². The molecule has 3 heterocycles. The number of nitrogens with one attached hydrogen (secondary N) is 1. The van der Waals surface area contributed by atoms with Crippen LogP contribution in [0.5, 0.6) is 0 Å². The van der Waals surface area contributed by atoms with Gasteiger partial charge in [0.1, 0.15) is 0 Å². The lowest BCUT2D eigenvalue weighted by Gasteiger charge is -2.34. The summed E-state index contributed by atoms with van der Waals surface area (Å²) in [7, 11) is 0. The van der Waals surface area contributed by atoms with Gasteiger partial charge in [-0.1, -0.05) is 24.1 Å². The van der Waals surface area contributed by atoms with Crippen molar-refractivity contribution in [1.82, 2.24) is 25.3 Å². The van der Waals surface area contributed by atoms with Crippen LogP contribution in [0.1, 0.15) is 38.0 Å². The van der Waals surface area contributed by atoms with E-state index < -0.39 is 0 Å². The van der Waals surface area contributed by atoms with E-state index in [1.54, 1.807) is 11.3 Å². The minimum Gasteiger partial charge on any atom is -0.347 e. The Balaban J connectivity index is 1.12. The summed E-state index contributed by atoms with van der Waals surface area (Å²) in [6.07, 6.45) is 5.85. The van der Waals surface area contributed by atoms with E-state index in [9.17, 15) is 9.59 Å². The molecule has 1 N–H and O–H groups in total. The van der Waals surface area contributed by atoms with Crippen LogP contribution in [-0.2, 0) is 16.0 Å². The molecule has 1 aliphatic carbocycles. The van der Waals surface area contributed by atoms with Crippen LogP contribution in [0.3, 0.4) is 0 Å². The van der Waals surface area contributed by atoms with E-state index in [-0.39, 0.29) is 24.3 Å². The lowest BCUT2D eigenvalue weighted by molar-refractivity contribution is -0.135. The van der Waals surface area contributed by atoms with Gasteiger partial charge in [0.05, 0.1) is 11.4 Å². The Morgan fingerprint density at radius 1 is 1.20 bits per heavy atom. The molecule has 0 unspecified atom stereocenters. The monoisotopic (exact) mass is 431 g/mol. The molecule has 0 bridgehead atoms. The van der Waals surface area contributed by atoms with Crippen LogP contribution in [0.15, 0.2) is 22.0 Å². The maximum atomic E-state index is 12.4. The van der Waals surface area contributed by atoms with Gasteiger partial charge in [0.15, 0.2) is 0 Å². The fraction of sp³-hybridized carbons (Fsp3) is 0.619. The van der Waals surface area contributed by atoms with Crippen molar-refractivity contribution in [2.45, 2.75) is 38.5 Å². The van der Waals surface area contributed by atoms with E-state index in [1.165, 1.54) is 0 Å². The second-order valence-corrected chi connectivity index (χ2v) is 8.96. The molecular formula is C21H29N5O3S. The van der Waals surface area contributed by atoms with Gasteiger partial charge >= 0.3 is 0 Å². The molecule has 0 radical (unpaired) electrons. The zero-order valence-corrected chi connectivity index (χ0v) is 18.0. The summed E-state index contributed by atoms with van der Waals surface area (Å²) < 4.78 is 5.35. The van der Waals surface area contributed by atoms with Gasteiger partial charge in [0, 0.05) is 38.5 Å². The fourth-order valence-electron chi connectivity index (χ4n) is 4.14. The van der Waals surface area contributed by atoms with Crippen LogP contribution in [-0.4, -0.2) is 71.0 Å². The normalized spacial score (nSPS) is 18.1. The van der Waals surface area contributed by atoms with E-state index in [1.807, 2.05) is 22.4 Å². The highest BCUT2D eigenvalue weighted by Gasteiger charge is 2.25. The Kier molecular flexibility index (Phi) is 7.11. The average molecular weight is 432 g/mol. The second kappa shape index (κ2) is 10.2. The molecular weight excluding hydrogens is 402 g/mol. The minimum absolute atomic E-state index is 0.0213. The molecule has 2 amide bonds. The molecule has 1 aliphatic heterocycles. The van der Waals surface area contributed by atoms with Crippen LogP contribution < -0.4 is 5.32 Å². The topological polar surface area (TPSA) is 91.6 Å². The Morgan fingerprint density at radius 3 is 2.73 bits per heavy atom. The van der Waals surface area contributed by atoms with E-state index in [0.29, 0.717) is 24.8 Å². The van der Waals surface area contributed by atoms with Crippen molar-refractivity contribution in [2.75, 3.05) is 39.3 Å². The summed E-state index contributed by atoms with van der Waals surface area (Å²) in [6.45, 7) is 4.19. The Hall–Kier alpha value is -2.26. The summed E-state index contributed by atoms with van der Waals surface area (Å²) in [4.78, 5) is 34.2. The maximum absolute atomic E-state index is 12.4. The summed E-state index contributed by atoms with van der Waals surface area (Å²) in [6, 6.07) is 3.96. The predicted octanol–water partition coefficient (Wildman–Crippen LogP) is 2.18. The minimum atomic E-state index is 0.0213. The number of hydrogen-bond donors (Lipinski definition) is 1. The van der Waals surface area contributed by atoms with Crippen molar-refractivity contribution in [3.05, 3.63) is 23.4 Å². The first-order chi connectivity index (χ1) is 14.7. The third-order valence-corrected chi connectivity index (χ3v) is 6.81. The molecule has 0 spiro atoms. The van der Waals surface area contributed by atoms with Crippen molar-refractivity contribution in [3.63, 3.8) is 0 Å². The van der Waals surface area contributed by atoms with Gasteiger partial charge < -0.3 is 14.7 Å². The maximum Gasteiger partial charge on any atom is 0.242 e. The van der Waals surface area contributed by atoms with Gasteiger partial charge in [0.25, 0.3) is 0 Å². The second-order valence-electron chi connectivity index (χ2n) is 8.01. The lowest BCUT2D eigenvalue weighted by atomic mass is 10.1. The highest BCUT2D eigenvalue weighted by molar-refractivity contribution is 7.13. The van der Waals surface area contributed by atoms with Gasteiger partial charge in [0.2, 0.25) is 23.5 Å². The first-order valence-corrected chi connectivity index (χ1v) is 11.7. The number of aryl methyl sites for hydroxylation is 1. The molecule has 8 nitrogen and oxygen atoms in total. The fourth-order valence-corrected chi connectivity index (χ4v) is 4.79. The molecule has 1 saturated carbocycles. The first-order valence-electron chi connectivity index (χ1n) is 10.8. The van der Waals surface area contributed by atoms with Crippen LogP contribution in [0.4, 0.5) is 0 Å². The number of rotatable bonds is 8. The summed E-state index contributed by atoms with van der Waals surface area (Å²) in [5.41, 5.74) is 0. The van der Waals surface area contributed by atoms with Crippen LogP contribution in [0.2, 0.25) is 0 Å². The average Bonchev–Trinajstić information content (AvgIpc) is 3.54. The molecule has 2 fully saturated rings. The highest BCUT2D eigenvalue weighted by Crippen LogP contribution is 2.24. The molecule has 0 atom stereocenters. The van der Waals surface area contributed by atoms with Crippen molar-refractivity contribution >= 4 is 23.2 Å². The van der Waals surface area contributed by atoms with Crippen molar-refractivity contribution in [3.8, 4) is 10.7 Å². The number of hydrogen-bond acceptors (Lipinski definition) is 7. The quantitative estimate of drug-likeness (QED) is 0.689. The Bertz CT molecular complexity index is 824. The molecule has 2 aliphatic rings. The third kappa shape index (κ3) is 5.46. The Labute approximate surface area is 180 Å². The number of carbonyl (C=O) groups is 2. The van der Waals surface area contributed by atoms with Crippen molar-refractivity contribution in [1.29, 1.82) is 0 Å². The van der Waals surface area contributed by atoms with Crippen molar-refractivity contribution in [2.24, 2.45) is 5.92 Å². The van der Waals surface area contributed by atoms with Gasteiger partial charge in [-0.15, -0.1) is 11.3 Å². The van der Waals surface area contributed by atoms with Gasteiger partial charge in [-0.2, -0.15) is 4.98 Å².